The fourth-order valence-corrected chi connectivity index (χ4v) is 2.18. The molecule has 0 aliphatic heterocycles. The summed E-state index contributed by atoms with van der Waals surface area (Å²) in [5.74, 6) is 1.01. The van der Waals surface area contributed by atoms with Crippen molar-refractivity contribution in [2.75, 3.05) is 20.3 Å². The van der Waals surface area contributed by atoms with E-state index in [4.69, 9.17) is 14.6 Å². The Balaban J connectivity index is -0.000000318. The third-order valence-electron chi connectivity index (χ3n) is 3.45. The summed E-state index contributed by atoms with van der Waals surface area (Å²) in [6, 6.07) is 8.46. The SMILES string of the molecule is C=O.CC.CC.CCCCCCCOc1cccc(CNCCCC)c1.CO. The summed E-state index contributed by atoms with van der Waals surface area (Å²) < 4.78 is 5.83. The van der Waals surface area contributed by atoms with Crippen LogP contribution in [0.4, 0.5) is 0 Å². The molecule has 0 aliphatic rings. The summed E-state index contributed by atoms with van der Waals surface area (Å²) in [6.45, 7) is 17.3. The van der Waals surface area contributed by atoms with E-state index in [0.29, 0.717) is 0 Å². The van der Waals surface area contributed by atoms with Crippen LogP contribution in [0, 0.1) is 0 Å². The number of carbonyl (C=O) groups excluding carboxylic acids is 1. The molecule has 0 unspecified atom stereocenters. The molecule has 0 aromatic heterocycles. The van der Waals surface area contributed by atoms with Gasteiger partial charge in [0.2, 0.25) is 0 Å². The van der Waals surface area contributed by atoms with Gasteiger partial charge in [-0.3, -0.25) is 0 Å². The van der Waals surface area contributed by atoms with Crippen LogP contribution in [0.15, 0.2) is 24.3 Å². The maximum Gasteiger partial charge on any atom is 0.119 e. The highest BCUT2D eigenvalue weighted by Crippen LogP contribution is 2.14. The van der Waals surface area contributed by atoms with Crippen LogP contribution < -0.4 is 10.1 Å². The van der Waals surface area contributed by atoms with Crippen molar-refractivity contribution < 1.29 is 14.6 Å². The van der Waals surface area contributed by atoms with E-state index < -0.39 is 0 Å². The molecule has 1 aromatic rings. The molecular weight excluding hydrogens is 350 g/mol. The largest absolute Gasteiger partial charge is 0.494 e. The van der Waals surface area contributed by atoms with Crippen LogP contribution in [0.5, 0.6) is 5.75 Å². The van der Waals surface area contributed by atoms with Gasteiger partial charge in [-0.25, -0.2) is 0 Å². The van der Waals surface area contributed by atoms with E-state index in [1.54, 1.807) is 0 Å². The Morgan fingerprint density at radius 1 is 0.893 bits per heavy atom. The molecule has 0 saturated carbocycles. The highest BCUT2D eigenvalue weighted by Gasteiger charge is 1.97. The van der Waals surface area contributed by atoms with Crippen LogP contribution in [0.2, 0.25) is 0 Å². The Hall–Kier alpha value is -1.39. The summed E-state index contributed by atoms with van der Waals surface area (Å²) in [5.41, 5.74) is 1.31. The fourth-order valence-electron chi connectivity index (χ4n) is 2.18. The number of nitrogens with one attached hydrogen (secondary N) is 1. The van der Waals surface area contributed by atoms with Crippen molar-refractivity contribution in [3.63, 3.8) is 0 Å². The van der Waals surface area contributed by atoms with Crippen LogP contribution in [-0.4, -0.2) is 32.2 Å². The Labute approximate surface area is 176 Å². The minimum Gasteiger partial charge on any atom is -0.494 e. The van der Waals surface area contributed by atoms with Crippen LogP contribution in [0.25, 0.3) is 0 Å². The molecule has 168 valence electrons. The third kappa shape index (κ3) is 26.8. The molecule has 0 atom stereocenters. The van der Waals surface area contributed by atoms with Crippen molar-refractivity contribution >= 4 is 6.79 Å². The van der Waals surface area contributed by atoms with E-state index in [1.165, 1.54) is 50.5 Å². The topological polar surface area (TPSA) is 58.6 Å². The second-order valence-electron chi connectivity index (χ2n) is 5.44. The van der Waals surface area contributed by atoms with E-state index in [9.17, 15) is 0 Å². The standard InChI is InChI=1S/C18H31NO.2C2H6.CH4O.CH2O/c1-3-5-7-8-9-14-20-18-12-10-11-17(15-18)16-19-13-6-4-2;4*1-2/h10-12,15,19H,3-9,13-14,16H2,1-2H3;2*1-2H3;2H,1H3;1H2. The van der Waals surface area contributed by atoms with E-state index in [0.717, 1.165) is 32.6 Å². The zero-order chi connectivity index (χ0) is 22.5. The van der Waals surface area contributed by atoms with Gasteiger partial charge in [-0.15, -0.1) is 0 Å². The van der Waals surface area contributed by atoms with Crippen molar-refractivity contribution in [3.05, 3.63) is 29.8 Å². The van der Waals surface area contributed by atoms with Gasteiger partial charge in [0.15, 0.2) is 0 Å². The smallest absolute Gasteiger partial charge is 0.119 e. The molecule has 2 N–H and O–H groups in total. The molecule has 0 aliphatic carbocycles. The summed E-state index contributed by atoms with van der Waals surface area (Å²) in [5, 5.41) is 10.5. The molecule has 0 fully saturated rings. The quantitative estimate of drug-likeness (QED) is 0.399. The average Bonchev–Trinajstić information content (AvgIpc) is 2.79. The minimum absolute atomic E-state index is 0.844. The van der Waals surface area contributed by atoms with Crippen molar-refractivity contribution in [1.29, 1.82) is 0 Å². The van der Waals surface area contributed by atoms with Crippen LogP contribution in [-0.2, 0) is 11.3 Å². The molecular formula is C24H49NO3. The first-order valence-corrected chi connectivity index (χ1v) is 11.0. The lowest BCUT2D eigenvalue weighted by Gasteiger charge is -2.09. The maximum absolute atomic E-state index is 8.00. The Morgan fingerprint density at radius 2 is 1.46 bits per heavy atom. The number of hydrogen-bond donors (Lipinski definition) is 2. The van der Waals surface area contributed by atoms with Gasteiger partial charge in [0.1, 0.15) is 12.5 Å². The van der Waals surface area contributed by atoms with Crippen molar-refractivity contribution in [2.24, 2.45) is 0 Å². The lowest BCUT2D eigenvalue weighted by atomic mass is 10.2. The number of unbranched alkanes of at least 4 members (excludes halogenated alkanes) is 5. The number of aliphatic hydroxyl groups excluding tert-OH is 1. The zero-order valence-corrected chi connectivity index (χ0v) is 19.9. The average molecular weight is 400 g/mol. The molecule has 4 nitrogen and oxygen atoms in total. The van der Waals surface area contributed by atoms with E-state index >= 15 is 0 Å². The van der Waals surface area contributed by atoms with Gasteiger partial charge in [-0.05, 0) is 37.1 Å². The highest BCUT2D eigenvalue weighted by molar-refractivity contribution is 5.28. The number of ether oxygens (including phenoxy) is 1. The van der Waals surface area contributed by atoms with Gasteiger partial charge >= 0.3 is 0 Å². The fraction of sp³-hybridized carbons (Fsp3) is 0.708. The normalized spacial score (nSPS) is 8.43. The lowest BCUT2D eigenvalue weighted by molar-refractivity contribution is -0.0979. The third-order valence-corrected chi connectivity index (χ3v) is 3.45. The van der Waals surface area contributed by atoms with Gasteiger partial charge in [-0.1, -0.05) is 85.8 Å². The van der Waals surface area contributed by atoms with Gasteiger partial charge in [0.05, 0.1) is 6.61 Å². The first-order chi connectivity index (χ1) is 13.9. The zero-order valence-electron chi connectivity index (χ0n) is 19.9. The summed E-state index contributed by atoms with van der Waals surface area (Å²) >= 11 is 0. The monoisotopic (exact) mass is 399 g/mol. The minimum atomic E-state index is 0.844. The van der Waals surface area contributed by atoms with E-state index in [1.807, 2.05) is 34.5 Å². The molecule has 28 heavy (non-hydrogen) atoms. The van der Waals surface area contributed by atoms with Crippen molar-refractivity contribution in [2.45, 2.75) is 93.0 Å². The van der Waals surface area contributed by atoms with Crippen LogP contribution in [0.1, 0.15) is 92.1 Å². The molecule has 1 aromatic carbocycles. The van der Waals surface area contributed by atoms with E-state index in [2.05, 4.69) is 43.4 Å². The Bertz CT molecular complexity index is 359. The Morgan fingerprint density at radius 3 is 2.04 bits per heavy atom. The summed E-state index contributed by atoms with van der Waals surface area (Å²) in [4.78, 5) is 8.00. The van der Waals surface area contributed by atoms with Crippen molar-refractivity contribution in [3.8, 4) is 5.75 Å². The molecule has 0 radical (unpaired) electrons. The van der Waals surface area contributed by atoms with Crippen LogP contribution >= 0.6 is 0 Å². The van der Waals surface area contributed by atoms with Crippen molar-refractivity contribution in [1.82, 2.24) is 5.32 Å². The van der Waals surface area contributed by atoms with Crippen LogP contribution in [0.3, 0.4) is 0 Å². The number of hydrogen-bond acceptors (Lipinski definition) is 4. The number of carbonyl (C=O) groups is 1. The highest BCUT2D eigenvalue weighted by atomic mass is 16.5. The second-order valence-corrected chi connectivity index (χ2v) is 5.44. The van der Waals surface area contributed by atoms with Gasteiger partial charge in [-0.2, -0.15) is 0 Å². The Kier molecular flexibility index (Phi) is 44.5. The second kappa shape index (κ2) is 36.5. The van der Waals surface area contributed by atoms with Gasteiger partial charge in [0, 0.05) is 13.7 Å². The molecule has 0 saturated heterocycles. The number of rotatable bonds is 12. The molecule has 0 heterocycles. The first kappa shape index (κ1) is 34.1. The summed E-state index contributed by atoms with van der Waals surface area (Å²) in [6.07, 6.45) is 8.92. The predicted octanol–water partition coefficient (Wildman–Crippen LogP) is 6.40. The molecule has 0 bridgehead atoms. The maximum atomic E-state index is 8.00. The predicted molar refractivity (Wildman–Crippen MR) is 125 cm³/mol. The van der Waals surface area contributed by atoms with Gasteiger partial charge in [0.25, 0.3) is 0 Å². The number of benzene rings is 1. The summed E-state index contributed by atoms with van der Waals surface area (Å²) in [7, 11) is 1.00. The number of aliphatic hydroxyl groups is 1. The molecule has 1 rings (SSSR count). The lowest BCUT2D eigenvalue weighted by Crippen LogP contribution is -2.14. The van der Waals surface area contributed by atoms with E-state index in [-0.39, 0.29) is 0 Å². The first-order valence-electron chi connectivity index (χ1n) is 11.0. The molecule has 0 amide bonds. The van der Waals surface area contributed by atoms with Gasteiger partial charge < -0.3 is 20.0 Å². The molecule has 0 spiro atoms. The molecule has 4 heteroatoms.